The largest absolute Gasteiger partial charge is 0.354 e. The van der Waals surface area contributed by atoms with Crippen molar-refractivity contribution in [2.75, 3.05) is 12.8 Å². The first-order valence-electron chi connectivity index (χ1n) is 7.09. The third-order valence-electron chi connectivity index (χ3n) is 3.57. The van der Waals surface area contributed by atoms with Gasteiger partial charge in [0.2, 0.25) is 5.91 Å². The SMILES string of the molecule is CSC1CCC(NC(C)C(=O)NCC(C)C)CC1. The number of hydrogen-bond donors (Lipinski definition) is 2. The molecule has 1 atom stereocenters. The molecule has 0 heterocycles. The maximum Gasteiger partial charge on any atom is 0.236 e. The maximum absolute atomic E-state index is 11.9. The number of amides is 1. The van der Waals surface area contributed by atoms with Crippen molar-refractivity contribution in [1.82, 2.24) is 10.6 Å². The van der Waals surface area contributed by atoms with Gasteiger partial charge in [0.25, 0.3) is 0 Å². The van der Waals surface area contributed by atoms with Crippen LogP contribution in [0.5, 0.6) is 0 Å². The molecule has 1 amide bonds. The van der Waals surface area contributed by atoms with Crippen LogP contribution in [0.25, 0.3) is 0 Å². The predicted molar refractivity (Wildman–Crippen MR) is 80.0 cm³/mol. The fourth-order valence-corrected chi connectivity index (χ4v) is 3.10. The van der Waals surface area contributed by atoms with Crippen molar-refractivity contribution in [3.63, 3.8) is 0 Å². The summed E-state index contributed by atoms with van der Waals surface area (Å²) >= 11 is 1.98. The standard InChI is InChI=1S/C14H28N2OS/c1-10(2)9-15-14(17)11(3)16-12-5-7-13(18-4)8-6-12/h10-13,16H,5-9H2,1-4H3,(H,15,17). The van der Waals surface area contributed by atoms with Gasteiger partial charge in [-0.15, -0.1) is 0 Å². The Bertz CT molecular complexity index is 250. The van der Waals surface area contributed by atoms with Crippen molar-refractivity contribution in [2.24, 2.45) is 5.92 Å². The highest BCUT2D eigenvalue weighted by molar-refractivity contribution is 7.99. The maximum atomic E-state index is 11.9. The Hall–Kier alpha value is -0.220. The Labute approximate surface area is 116 Å². The van der Waals surface area contributed by atoms with Gasteiger partial charge in [-0.3, -0.25) is 4.79 Å². The quantitative estimate of drug-likeness (QED) is 0.780. The minimum atomic E-state index is -0.0698. The van der Waals surface area contributed by atoms with Crippen LogP contribution in [0.15, 0.2) is 0 Å². The number of carbonyl (C=O) groups excluding carboxylic acids is 1. The highest BCUT2D eigenvalue weighted by atomic mass is 32.2. The van der Waals surface area contributed by atoms with E-state index in [9.17, 15) is 4.79 Å². The van der Waals surface area contributed by atoms with E-state index in [1.165, 1.54) is 25.7 Å². The smallest absolute Gasteiger partial charge is 0.236 e. The van der Waals surface area contributed by atoms with E-state index < -0.39 is 0 Å². The molecule has 1 unspecified atom stereocenters. The Morgan fingerprint density at radius 1 is 1.22 bits per heavy atom. The van der Waals surface area contributed by atoms with E-state index in [0.717, 1.165) is 11.8 Å². The van der Waals surface area contributed by atoms with Crippen molar-refractivity contribution in [1.29, 1.82) is 0 Å². The fraction of sp³-hybridized carbons (Fsp3) is 0.929. The van der Waals surface area contributed by atoms with Crippen LogP contribution in [0.3, 0.4) is 0 Å². The lowest BCUT2D eigenvalue weighted by Crippen LogP contribution is -2.48. The van der Waals surface area contributed by atoms with Gasteiger partial charge in [-0.2, -0.15) is 11.8 Å². The molecule has 4 heteroatoms. The van der Waals surface area contributed by atoms with E-state index in [-0.39, 0.29) is 11.9 Å². The van der Waals surface area contributed by atoms with E-state index in [4.69, 9.17) is 0 Å². The van der Waals surface area contributed by atoms with Crippen molar-refractivity contribution in [2.45, 2.75) is 63.8 Å². The van der Waals surface area contributed by atoms with Gasteiger partial charge in [-0.25, -0.2) is 0 Å². The molecule has 0 aromatic rings. The van der Waals surface area contributed by atoms with Gasteiger partial charge in [-0.1, -0.05) is 13.8 Å². The number of rotatable bonds is 6. The number of thioether (sulfide) groups is 1. The molecule has 1 fully saturated rings. The Morgan fingerprint density at radius 3 is 2.33 bits per heavy atom. The van der Waals surface area contributed by atoms with Crippen LogP contribution in [0, 0.1) is 5.92 Å². The summed E-state index contributed by atoms with van der Waals surface area (Å²) in [6.07, 6.45) is 7.15. The molecular formula is C14H28N2OS. The number of hydrogen-bond acceptors (Lipinski definition) is 3. The van der Waals surface area contributed by atoms with Gasteiger partial charge >= 0.3 is 0 Å². The molecule has 1 rings (SSSR count). The van der Waals surface area contributed by atoms with E-state index >= 15 is 0 Å². The van der Waals surface area contributed by atoms with Gasteiger partial charge in [0.1, 0.15) is 0 Å². The average Bonchev–Trinajstić information content (AvgIpc) is 2.36. The van der Waals surface area contributed by atoms with Crippen LogP contribution < -0.4 is 10.6 Å². The van der Waals surface area contributed by atoms with E-state index in [1.54, 1.807) is 0 Å². The topological polar surface area (TPSA) is 41.1 Å². The molecule has 0 spiro atoms. The monoisotopic (exact) mass is 272 g/mol. The molecule has 0 aromatic heterocycles. The molecule has 3 nitrogen and oxygen atoms in total. The van der Waals surface area contributed by atoms with Crippen LogP contribution in [0.4, 0.5) is 0 Å². The van der Waals surface area contributed by atoms with Gasteiger partial charge < -0.3 is 10.6 Å². The third-order valence-corrected chi connectivity index (χ3v) is 4.71. The highest BCUT2D eigenvalue weighted by Crippen LogP contribution is 2.26. The zero-order valence-electron chi connectivity index (χ0n) is 12.2. The predicted octanol–water partition coefficient (Wildman–Crippen LogP) is 2.41. The van der Waals surface area contributed by atoms with E-state index in [2.05, 4.69) is 30.7 Å². The summed E-state index contributed by atoms with van der Waals surface area (Å²) in [5, 5.41) is 7.28. The van der Waals surface area contributed by atoms with Crippen LogP contribution in [-0.4, -0.2) is 36.0 Å². The summed E-state index contributed by atoms with van der Waals surface area (Å²) < 4.78 is 0. The zero-order chi connectivity index (χ0) is 13.5. The second-order valence-corrected chi connectivity index (χ2v) is 6.87. The minimum Gasteiger partial charge on any atom is -0.354 e. The first kappa shape index (κ1) is 15.8. The molecule has 1 aliphatic rings. The summed E-state index contributed by atoms with van der Waals surface area (Å²) in [5.41, 5.74) is 0. The zero-order valence-corrected chi connectivity index (χ0v) is 13.0. The van der Waals surface area contributed by atoms with E-state index in [1.807, 2.05) is 18.7 Å². The molecule has 2 N–H and O–H groups in total. The molecule has 0 bridgehead atoms. The van der Waals surface area contributed by atoms with E-state index in [0.29, 0.717) is 12.0 Å². The van der Waals surface area contributed by atoms with Crippen molar-refractivity contribution >= 4 is 17.7 Å². The van der Waals surface area contributed by atoms with Crippen LogP contribution >= 0.6 is 11.8 Å². The molecule has 18 heavy (non-hydrogen) atoms. The minimum absolute atomic E-state index is 0.0698. The summed E-state index contributed by atoms with van der Waals surface area (Å²) in [6, 6.07) is 0.452. The van der Waals surface area contributed by atoms with Crippen LogP contribution in [0.1, 0.15) is 46.5 Å². The first-order chi connectivity index (χ1) is 8.52. The lowest BCUT2D eigenvalue weighted by atomic mass is 9.94. The van der Waals surface area contributed by atoms with Gasteiger partial charge in [0.05, 0.1) is 6.04 Å². The van der Waals surface area contributed by atoms with Crippen LogP contribution in [0.2, 0.25) is 0 Å². The molecule has 0 radical (unpaired) electrons. The lowest BCUT2D eigenvalue weighted by Gasteiger charge is -2.30. The van der Waals surface area contributed by atoms with Crippen molar-refractivity contribution < 1.29 is 4.79 Å². The number of carbonyl (C=O) groups is 1. The van der Waals surface area contributed by atoms with Crippen LogP contribution in [-0.2, 0) is 4.79 Å². The normalized spacial score (nSPS) is 26.1. The summed E-state index contributed by atoms with van der Waals surface area (Å²) in [4.78, 5) is 11.9. The second-order valence-electron chi connectivity index (χ2n) is 5.74. The summed E-state index contributed by atoms with van der Waals surface area (Å²) in [6.45, 7) is 6.96. The molecule has 0 saturated heterocycles. The molecule has 1 saturated carbocycles. The van der Waals surface area contributed by atoms with Gasteiger partial charge in [0.15, 0.2) is 0 Å². The third kappa shape index (κ3) is 5.61. The second kappa shape index (κ2) is 8.05. The van der Waals surface area contributed by atoms with Gasteiger partial charge in [0, 0.05) is 17.8 Å². The van der Waals surface area contributed by atoms with Crippen molar-refractivity contribution in [3.05, 3.63) is 0 Å². The average molecular weight is 272 g/mol. The highest BCUT2D eigenvalue weighted by Gasteiger charge is 2.23. The molecule has 0 aromatic carbocycles. The Kier molecular flexibility index (Phi) is 7.08. The number of nitrogens with one attached hydrogen (secondary N) is 2. The first-order valence-corrected chi connectivity index (χ1v) is 8.38. The van der Waals surface area contributed by atoms with Crippen molar-refractivity contribution in [3.8, 4) is 0 Å². The fourth-order valence-electron chi connectivity index (χ4n) is 2.35. The Morgan fingerprint density at radius 2 is 1.83 bits per heavy atom. The molecular weight excluding hydrogens is 244 g/mol. The summed E-state index contributed by atoms with van der Waals surface area (Å²) in [7, 11) is 0. The molecule has 0 aliphatic heterocycles. The molecule has 106 valence electrons. The van der Waals surface area contributed by atoms with Gasteiger partial charge in [-0.05, 0) is 44.8 Å². The summed E-state index contributed by atoms with van der Waals surface area (Å²) in [5.74, 6) is 0.647. The Balaban J connectivity index is 2.23. The molecule has 1 aliphatic carbocycles. The lowest BCUT2D eigenvalue weighted by molar-refractivity contribution is -0.123.